The van der Waals surface area contributed by atoms with Gasteiger partial charge in [0.2, 0.25) is 0 Å². The van der Waals surface area contributed by atoms with Crippen LogP contribution in [0.1, 0.15) is 46.6 Å². The molecule has 0 heterocycles. The van der Waals surface area contributed by atoms with E-state index in [-0.39, 0.29) is 17.9 Å². The van der Waals surface area contributed by atoms with Gasteiger partial charge in [-0.2, -0.15) is 0 Å². The summed E-state index contributed by atoms with van der Waals surface area (Å²) in [5.74, 6) is 0. The van der Waals surface area contributed by atoms with Crippen LogP contribution in [0.3, 0.4) is 0 Å². The molecule has 0 atom stereocenters. The van der Waals surface area contributed by atoms with Crippen molar-refractivity contribution < 1.29 is 0 Å². The summed E-state index contributed by atoms with van der Waals surface area (Å²) in [6.45, 7) is 12.2. The SMILES string of the molecule is CC(C)(C)CC(C)(C)NCc1ccc(Cl)cc1.Cl. The van der Waals surface area contributed by atoms with Crippen LogP contribution in [0.15, 0.2) is 24.3 Å². The molecule has 3 heteroatoms. The molecule has 1 rings (SSSR count). The normalized spacial score (nSPS) is 12.1. The Morgan fingerprint density at radius 1 is 1.00 bits per heavy atom. The van der Waals surface area contributed by atoms with Crippen molar-refractivity contribution in [1.82, 2.24) is 5.32 Å². The van der Waals surface area contributed by atoms with Gasteiger partial charge < -0.3 is 5.32 Å². The first-order valence-electron chi connectivity index (χ1n) is 6.17. The highest BCUT2D eigenvalue weighted by Crippen LogP contribution is 2.27. The van der Waals surface area contributed by atoms with Crippen LogP contribution in [0.4, 0.5) is 0 Å². The Hall–Kier alpha value is -0.240. The van der Waals surface area contributed by atoms with Crippen LogP contribution in [-0.2, 0) is 6.54 Å². The minimum atomic E-state index is 0. The third-order valence-corrected chi connectivity index (χ3v) is 2.91. The summed E-state index contributed by atoms with van der Waals surface area (Å²) in [6, 6.07) is 8.02. The van der Waals surface area contributed by atoms with Crippen LogP contribution in [0, 0.1) is 5.41 Å². The van der Waals surface area contributed by atoms with Crippen molar-refractivity contribution in [3.63, 3.8) is 0 Å². The Balaban J connectivity index is 0.00000289. The molecule has 0 saturated heterocycles. The summed E-state index contributed by atoms with van der Waals surface area (Å²) in [7, 11) is 0. The lowest BCUT2D eigenvalue weighted by atomic mass is 9.82. The van der Waals surface area contributed by atoms with E-state index in [4.69, 9.17) is 11.6 Å². The lowest BCUT2D eigenvalue weighted by Crippen LogP contribution is -2.41. The van der Waals surface area contributed by atoms with Crippen LogP contribution in [0.2, 0.25) is 5.02 Å². The summed E-state index contributed by atoms with van der Waals surface area (Å²) >= 11 is 5.87. The molecule has 1 aromatic carbocycles. The van der Waals surface area contributed by atoms with E-state index >= 15 is 0 Å². The highest BCUT2D eigenvalue weighted by atomic mass is 35.5. The second-order valence-corrected chi connectivity index (χ2v) is 7.04. The van der Waals surface area contributed by atoms with Gasteiger partial charge in [-0.15, -0.1) is 12.4 Å². The van der Waals surface area contributed by atoms with Crippen molar-refractivity contribution in [2.24, 2.45) is 5.41 Å². The Labute approximate surface area is 123 Å². The largest absolute Gasteiger partial charge is 0.308 e. The van der Waals surface area contributed by atoms with Crippen molar-refractivity contribution in [2.45, 2.75) is 53.1 Å². The fourth-order valence-electron chi connectivity index (χ4n) is 2.33. The monoisotopic (exact) mass is 289 g/mol. The number of benzene rings is 1. The van der Waals surface area contributed by atoms with Crippen molar-refractivity contribution in [2.75, 3.05) is 0 Å². The fraction of sp³-hybridized carbons (Fsp3) is 0.600. The van der Waals surface area contributed by atoms with E-state index < -0.39 is 0 Å². The number of halogens is 2. The van der Waals surface area contributed by atoms with Gasteiger partial charge in [-0.25, -0.2) is 0 Å². The van der Waals surface area contributed by atoms with E-state index in [9.17, 15) is 0 Å². The predicted molar refractivity (Wildman–Crippen MR) is 83.7 cm³/mol. The molecule has 0 saturated carbocycles. The fourth-order valence-corrected chi connectivity index (χ4v) is 2.46. The van der Waals surface area contributed by atoms with Crippen molar-refractivity contribution in [3.05, 3.63) is 34.9 Å². The van der Waals surface area contributed by atoms with E-state index in [0.29, 0.717) is 5.41 Å². The maximum Gasteiger partial charge on any atom is 0.0406 e. The average molecular weight is 290 g/mol. The Morgan fingerprint density at radius 2 is 1.50 bits per heavy atom. The van der Waals surface area contributed by atoms with E-state index in [1.165, 1.54) is 5.56 Å². The second kappa shape index (κ2) is 6.79. The molecular formula is C15H25Cl2N. The van der Waals surface area contributed by atoms with Crippen LogP contribution >= 0.6 is 24.0 Å². The van der Waals surface area contributed by atoms with Crippen molar-refractivity contribution in [3.8, 4) is 0 Å². The second-order valence-electron chi connectivity index (χ2n) is 6.60. The Kier molecular flexibility index (Phi) is 6.70. The topological polar surface area (TPSA) is 12.0 Å². The Morgan fingerprint density at radius 3 is 1.94 bits per heavy atom. The molecule has 0 amide bonds. The lowest BCUT2D eigenvalue weighted by molar-refractivity contribution is 0.241. The van der Waals surface area contributed by atoms with Gasteiger partial charge in [0.1, 0.15) is 0 Å². The minimum Gasteiger partial charge on any atom is -0.308 e. The lowest BCUT2D eigenvalue weighted by Gasteiger charge is -2.33. The zero-order valence-electron chi connectivity index (χ0n) is 12.0. The number of rotatable bonds is 4. The molecule has 18 heavy (non-hydrogen) atoms. The van der Waals surface area contributed by atoms with Crippen LogP contribution in [0.25, 0.3) is 0 Å². The van der Waals surface area contributed by atoms with E-state index in [1.807, 2.05) is 12.1 Å². The maximum atomic E-state index is 5.87. The van der Waals surface area contributed by atoms with Gasteiger partial charge in [0.15, 0.2) is 0 Å². The molecule has 0 fully saturated rings. The first kappa shape index (κ1) is 17.8. The van der Waals surface area contributed by atoms with Gasteiger partial charge in [0.25, 0.3) is 0 Å². The standard InChI is InChI=1S/C15H24ClN.ClH/c1-14(2,3)11-15(4,5)17-10-12-6-8-13(16)9-7-12;/h6-9,17H,10-11H2,1-5H3;1H. The van der Waals surface area contributed by atoms with Gasteiger partial charge in [-0.3, -0.25) is 0 Å². The third-order valence-electron chi connectivity index (χ3n) is 2.66. The summed E-state index contributed by atoms with van der Waals surface area (Å²) in [6.07, 6.45) is 1.15. The summed E-state index contributed by atoms with van der Waals surface area (Å²) in [4.78, 5) is 0. The Bertz CT molecular complexity index is 350. The van der Waals surface area contributed by atoms with Gasteiger partial charge in [0.05, 0.1) is 0 Å². The molecule has 0 aliphatic carbocycles. The van der Waals surface area contributed by atoms with Crippen LogP contribution < -0.4 is 5.32 Å². The molecule has 0 aliphatic heterocycles. The minimum absolute atomic E-state index is 0. The number of nitrogens with one attached hydrogen (secondary N) is 1. The summed E-state index contributed by atoms with van der Waals surface area (Å²) < 4.78 is 0. The van der Waals surface area contributed by atoms with E-state index in [0.717, 1.165) is 18.0 Å². The number of hydrogen-bond donors (Lipinski definition) is 1. The molecule has 0 radical (unpaired) electrons. The van der Waals surface area contributed by atoms with Crippen LogP contribution in [-0.4, -0.2) is 5.54 Å². The maximum absolute atomic E-state index is 5.87. The molecule has 1 aromatic rings. The average Bonchev–Trinajstić information content (AvgIpc) is 2.13. The predicted octanol–water partition coefficient (Wildman–Crippen LogP) is 5.07. The molecule has 0 aliphatic rings. The van der Waals surface area contributed by atoms with Crippen molar-refractivity contribution >= 4 is 24.0 Å². The zero-order chi connectivity index (χ0) is 13.1. The highest BCUT2D eigenvalue weighted by Gasteiger charge is 2.24. The quantitative estimate of drug-likeness (QED) is 0.816. The van der Waals surface area contributed by atoms with E-state index in [1.54, 1.807) is 0 Å². The smallest absolute Gasteiger partial charge is 0.0406 e. The van der Waals surface area contributed by atoms with Gasteiger partial charge in [-0.1, -0.05) is 44.5 Å². The molecule has 1 nitrogen and oxygen atoms in total. The third kappa shape index (κ3) is 7.25. The zero-order valence-corrected chi connectivity index (χ0v) is 13.6. The molecule has 104 valence electrons. The molecule has 0 spiro atoms. The molecule has 0 bridgehead atoms. The molecule has 0 aromatic heterocycles. The molecule has 0 unspecified atom stereocenters. The molecule has 1 N–H and O–H groups in total. The van der Waals surface area contributed by atoms with Gasteiger partial charge in [0, 0.05) is 17.1 Å². The first-order valence-corrected chi connectivity index (χ1v) is 6.55. The summed E-state index contributed by atoms with van der Waals surface area (Å²) in [5.41, 5.74) is 1.77. The van der Waals surface area contributed by atoms with Crippen LogP contribution in [0.5, 0.6) is 0 Å². The number of hydrogen-bond acceptors (Lipinski definition) is 1. The highest BCUT2D eigenvalue weighted by molar-refractivity contribution is 6.30. The molecular weight excluding hydrogens is 265 g/mol. The van der Waals surface area contributed by atoms with Gasteiger partial charge >= 0.3 is 0 Å². The van der Waals surface area contributed by atoms with Crippen molar-refractivity contribution in [1.29, 1.82) is 0 Å². The first-order chi connectivity index (χ1) is 7.68. The van der Waals surface area contributed by atoms with Gasteiger partial charge in [-0.05, 0) is 43.4 Å². The van der Waals surface area contributed by atoms with E-state index in [2.05, 4.69) is 52.1 Å². The summed E-state index contributed by atoms with van der Waals surface area (Å²) in [5, 5.41) is 4.40.